The summed E-state index contributed by atoms with van der Waals surface area (Å²) in [7, 11) is 2.18. The number of carboxylic acid groups (broad SMARTS) is 1. The summed E-state index contributed by atoms with van der Waals surface area (Å²) in [5, 5.41) is 9.01. The van der Waals surface area contributed by atoms with Crippen LogP contribution in [-0.4, -0.2) is 45.7 Å². The molecule has 0 saturated carbocycles. The summed E-state index contributed by atoms with van der Waals surface area (Å²) in [6.07, 6.45) is 5.53. The Labute approximate surface area is 124 Å². The Morgan fingerprint density at radius 3 is 2.86 bits per heavy atom. The highest BCUT2D eigenvalue weighted by Crippen LogP contribution is 2.22. The summed E-state index contributed by atoms with van der Waals surface area (Å²) in [5.41, 5.74) is 2.08. The van der Waals surface area contributed by atoms with Gasteiger partial charge in [-0.15, -0.1) is 0 Å². The molecule has 0 bridgehead atoms. The largest absolute Gasteiger partial charge is 0.478 e. The van der Waals surface area contributed by atoms with Crippen LogP contribution in [0, 0.1) is 5.92 Å². The summed E-state index contributed by atoms with van der Waals surface area (Å²) < 4.78 is 2.14. The molecule has 5 nitrogen and oxygen atoms in total. The average Bonchev–Trinajstić information content (AvgIpc) is 2.89. The van der Waals surface area contributed by atoms with Crippen LogP contribution in [-0.2, 0) is 6.54 Å². The van der Waals surface area contributed by atoms with E-state index in [1.165, 1.54) is 32.4 Å². The number of hydrogen-bond donors (Lipinski definition) is 1. The maximum Gasteiger partial charge on any atom is 0.335 e. The molecule has 5 heteroatoms. The lowest BCUT2D eigenvalue weighted by Gasteiger charge is -2.28. The predicted octanol–water partition coefficient (Wildman–Crippen LogP) is 2.47. The molecule has 1 aliphatic rings. The molecule has 0 atom stereocenters. The second-order valence-corrected chi connectivity index (χ2v) is 5.98. The third-order valence-corrected chi connectivity index (χ3v) is 4.48. The number of piperidine rings is 1. The van der Waals surface area contributed by atoms with Crippen molar-refractivity contribution < 1.29 is 9.90 Å². The van der Waals surface area contributed by atoms with Crippen molar-refractivity contribution in [2.45, 2.75) is 25.8 Å². The monoisotopic (exact) mass is 287 g/mol. The number of aromatic carboxylic acids is 1. The van der Waals surface area contributed by atoms with Crippen molar-refractivity contribution in [2.24, 2.45) is 5.92 Å². The second kappa shape index (κ2) is 5.85. The minimum absolute atomic E-state index is 0.295. The quantitative estimate of drug-likeness (QED) is 0.938. The number of benzene rings is 1. The zero-order chi connectivity index (χ0) is 14.8. The zero-order valence-electron chi connectivity index (χ0n) is 12.3. The highest BCUT2D eigenvalue weighted by Gasteiger charge is 2.16. The molecule has 0 unspecified atom stereocenters. The minimum Gasteiger partial charge on any atom is -0.478 e. The van der Waals surface area contributed by atoms with Crippen molar-refractivity contribution in [2.75, 3.05) is 20.1 Å². The number of carbonyl (C=O) groups is 1. The van der Waals surface area contributed by atoms with E-state index in [0.717, 1.165) is 23.5 Å². The molecule has 1 aromatic heterocycles. The molecule has 3 rings (SSSR count). The normalized spacial score (nSPS) is 17.4. The number of hydrogen-bond acceptors (Lipinski definition) is 3. The molecular weight excluding hydrogens is 266 g/mol. The van der Waals surface area contributed by atoms with Gasteiger partial charge in [0.15, 0.2) is 0 Å². The van der Waals surface area contributed by atoms with Crippen LogP contribution in [0.3, 0.4) is 0 Å². The van der Waals surface area contributed by atoms with Gasteiger partial charge in [-0.1, -0.05) is 0 Å². The number of imidazole rings is 1. The maximum absolute atomic E-state index is 11.0. The summed E-state index contributed by atoms with van der Waals surface area (Å²) in [6.45, 7) is 3.34. The lowest BCUT2D eigenvalue weighted by molar-refractivity contribution is 0.0697. The van der Waals surface area contributed by atoms with Gasteiger partial charge in [-0.3, -0.25) is 0 Å². The molecule has 2 aromatic rings. The van der Waals surface area contributed by atoms with E-state index in [9.17, 15) is 4.79 Å². The lowest BCUT2D eigenvalue weighted by Crippen LogP contribution is -2.30. The highest BCUT2D eigenvalue weighted by molar-refractivity contribution is 5.92. The van der Waals surface area contributed by atoms with Crippen molar-refractivity contribution >= 4 is 17.0 Å². The van der Waals surface area contributed by atoms with E-state index in [2.05, 4.69) is 21.5 Å². The van der Waals surface area contributed by atoms with Gasteiger partial charge in [0.25, 0.3) is 0 Å². The Kier molecular flexibility index (Phi) is 3.92. The summed E-state index contributed by atoms with van der Waals surface area (Å²) in [4.78, 5) is 17.7. The standard InChI is InChI=1S/C16H21N3O2/c1-18-7-4-12(5-8-18)6-9-19-11-17-14-10-13(16(20)21)2-3-15(14)19/h2-3,10-12H,4-9H2,1H3,(H,20,21). The van der Waals surface area contributed by atoms with Crippen LogP contribution in [0.15, 0.2) is 24.5 Å². The van der Waals surface area contributed by atoms with Gasteiger partial charge in [0.2, 0.25) is 0 Å². The molecule has 21 heavy (non-hydrogen) atoms. The first-order valence-corrected chi connectivity index (χ1v) is 7.50. The third-order valence-electron chi connectivity index (χ3n) is 4.48. The SMILES string of the molecule is CN1CCC(CCn2cnc3cc(C(=O)O)ccc32)CC1. The number of fused-ring (bicyclic) bond motifs is 1. The number of likely N-dealkylation sites (tertiary alicyclic amines) is 1. The van der Waals surface area contributed by atoms with Gasteiger partial charge in [0, 0.05) is 6.54 Å². The van der Waals surface area contributed by atoms with Crippen LogP contribution in [0.1, 0.15) is 29.6 Å². The molecular formula is C16H21N3O2. The van der Waals surface area contributed by atoms with Crippen molar-refractivity contribution in [1.29, 1.82) is 0 Å². The van der Waals surface area contributed by atoms with Crippen LogP contribution in [0.5, 0.6) is 0 Å². The first-order chi connectivity index (χ1) is 10.1. The summed E-state index contributed by atoms with van der Waals surface area (Å²) in [6, 6.07) is 5.16. The highest BCUT2D eigenvalue weighted by atomic mass is 16.4. The predicted molar refractivity (Wildman–Crippen MR) is 81.5 cm³/mol. The van der Waals surface area contributed by atoms with E-state index >= 15 is 0 Å². The lowest BCUT2D eigenvalue weighted by atomic mass is 9.94. The van der Waals surface area contributed by atoms with Crippen molar-refractivity contribution in [3.05, 3.63) is 30.1 Å². The molecule has 1 aliphatic heterocycles. The van der Waals surface area contributed by atoms with E-state index in [1.807, 2.05) is 12.4 Å². The number of rotatable bonds is 4. The molecule has 1 N–H and O–H groups in total. The van der Waals surface area contributed by atoms with Gasteiger partial charge in [-0.25, -0.2) is 9.78 Å². The molecule has 0 radical (unpaired) electrons. The molecule has 2 heterocycles. The first-order valence-electron chi connectivity index (χ1n) is 7.50. The Morgan fingerprint density at radius 1 is 1.38 bits per heavy atom. The zero-order valence-corrected chi connectivity index (χ0v) is 12.3. The molecule has 0 spiro atoms. The van der Waals surface area contributed by atoms with Gasteiger partial charge in [-0.2, -0.15) is 0 Å². The molecule has 112 valence electrons. The fourth-order valence-electron chi connectivity index (χ4n) is 3.05. The van der Waals surface area contributed by atoms with Crippen molar-refractivity contribution in [3.63, 3.8) is 0 Å². The van der Waals surface area contributed by atoms with E-state index in [1.54, 1.807) is 12.1 Å². The summed E-state index contributed by atoms with van der Waals surface area (Å²) >= 11 is 0. The maximum atomic E-state index is 11.0. The van der Waals surface area contributed by atoms with Gasteiger partial charge < -0.3 is 14.6 Å². The van der Waals surface area contributed by atoms with Crippen molar-refractivity contribution in [1.82, 2.24) is 14.5 Å². The second-order valence-electron chi connectivity index (χ2n) is 5.98. The first kappa shape index (κ1) is 14.1. The number of nitrogens with zero attached hydrogens (tertiary/aromatic N) is 3. The van der Waals surface area contributed by atoms with Crippen LogP contribution in [0.25, 0.3) is 11.0 Å². The molecule has 1 saturated heterocycles. The fraction of sp³-hybridized carbons (Fsp3) is 0.500. The van der Waals surface area contributed by atoms with Gasteiger partial charge in [-0.05, 0) is 63.5 Å². The van der Waals surface area contributed by atoms with Crippen LogP contribution < -0.4 is 0 Å². The van der Waals surface area contributed by atoms with E-state index < -0.39 is 5.97 Å². The Bertz CT molecular complexity index is 642. The Balaban J connectivity index is 1.68. The minimum atomic E-state index is -0.905. The fourth-order valence-corrected chi connectivity index (χ4v) is 3.05. The topological polar surface area (TPSA) is 58.4 Å². The van der Waals surface area contributed by atoms with Gasteiger partial charge >= 0.3 is 5.97 Å². The smallest absolute Gasteiger partial charge is 0.335 e. The average molecular weight is 287 g/mol. The molecule has 0 aliphatic carbocycles. The van der Waals surface area contributed by atoms with Crippen LogP contribution in [0.4, 0.5) is 0 Å². The van der Waals surface area contributed by atoms with Crippen LogP contribution >= 0.6 is 0 Å². The number of aryl methyl sites for hydroxylation is 1. The Hall–Kier alpha value is -1.88. The van der Waals surface area contributed by atoms with E-state index in [-0.39, 0.29) is 0 Å². The number of aromatic nitrogens is 2. The molecule has 0 amide bonds. The van der Waals surface area contributed by atoms with E-state index in [4.69, 9.17) is 5.11 Å². The summed E-state index contributed by atoms with van der Waals surface area (Å²) in [5.74, 6) is -0.116. The molecule has 1 fully saturated rings. The van der Waals surface area contributed by atoms with Crippen LogP contribution in [0.2, 0.25) is 0 Å². The van der Waals surface area contributed by atoms with Crippen molar-refractivity contribution in [3.8, 4) is 0 Å². The molecule has 1 aromatic carbocycles. The van der Waals surface area contributed by atoms with Gasteiger partial charge in [0.1, 0.15) is 0 Å². The third kappa shape index (κ3) is 3.08. The van der Waals surface area contributed by atoms with Gasteiger partial charge in [0.05, 0.1) is 22.9 Å². The Morgan fingerprint density at radius 2 is 2.14 bits per heavy atom. The number of carboxylic acids is 1. The van der Waals surface area contributed by atoms with E-state index in [0.29, 0.717) is 5.56 Å².